The maximum atomic E-state index is 14.1. The van der Waals surface area contributed by atoms with Gasteiger partial charge in [-0.3, -0.25) is 4.98 Å². The summed E-state index contributed by atoms with van der Waals surface area (Å²) in [5, 5.41) is 12.5. The van der Waals surface area contributed by atoms with E-state index in [1.165, 1.54) is 28.9 Å². The molecular weight excluding hydrogens is 525 g/mol. The van der Waals surface area contributed by atoms with Crippen LogP contribution in [0, 0.1) is 5.82 Å². The standard InChI is InChI=1S/C29H30FN9O2/c1-17(33-29(40)38-8-10-41-11-9-38)23-16-32-39-27(23)36-26(18-12-19(30)15-31-14-18)37-28(39)34-20-6-7-25-22(13-20)21-4-2-3-5-24(21)35-25/h2-5,12,14-17,20,35H,6-11,13H2,1H3,(H,33,40)(H,34,36,37)/t17-,20+/m0/s1. The van der Waals surface area contributed by atoms with Gasteiger partial charge in [-0.1, -0.05) is 18.2 Å². The summed E-state index contributed by atoms with van der Waals surface area (Å²) < 4.78 is 21.2. The maximum absolute atomic E-state index is 14.1. The molecule has 1 fully saturated rings. The van der Waals surface area contributed by atoms with Crippen molar-refractivity contribution < 1.29 is 13.9 Å². The molecule has 5 aromatic rings. The fourth-order valence-electron chi connectivity index (χ4n) is 5.75. The van der Waals surface area contributed by atoms with Crippen LogP contribution in [0.4, 0.5) is 15.1 Å². The number of pyridine rings is 1. The number of hydrogen-bond donors (Lipinski definition) is 3. The van der Waals surface area contributed by atoms with Crippen molar-refractivity contribution in [2.24, 2.45) is 0 Å². The summed E-state index contributed by atoms with van der Waals surface area (Å²) in [5.41, 5.74) is 5.44. The van der Waals surface area contributed by atoms with E-state index in [1.807, 2.05) is 13.0 Å². The maximum Gasteiger partial charge on any atom is 0.318 e. The van der Waals surface area contributed by atoms with Gasteiger partial charge in [0.05, 0.1) is 31.6 Å². The molecule has 210 valence electrons. The molecule has 7 rings (SSSR count). The van der Waals surface area contributed by atoms with Crippen molar-refractivity contribution in [3.63, 3.8) is 0 Å². The summed E-state index contributed by atoms with van der Waals surface area (Å²) in [6.07, 6.45) is 7.02. The lowest BCUT2D eigenvalue weighted by Gasteiger charge is -2.28. The summed E-state index contributed by atoms with van der Waals surface area (Å²) >= 11 is 0. The molecule has 1 aliphatic heterocycles. The van der Waals surface area contributed by atoms with E-state index in [0.717, 1.165) is 36.5 Å². The highest BCUT2D eigenvalue weighted by Gasteiger charge is 2.26. The van der Waals surface area contributed by atoms with Gasteiger partial charge in [0, 0.05) is 53.1 Å². The molecule has 0 radical (unpaired) electrons. The molecule has 2 aliphatic rings. The van der Waals surface area contributed by atoms with Crippen LogP contribution in [0.5, 0.6) is 0 Å². The minimum Gasteiger partial charge on any atom is -0.378 e. The third-order valence-corrected chi connectivity index (χ3v) is 7.89. The first-order valence-corrected chi connectivity index (χ1v) is 13.9. The van der Waals surface area contributed by atoms with Gasteiger partial charge in [-0.25, -0.2) is 14.2 Å². The lowest BCUT2D eigenvalue weighted by atomic mass is 9.91. The van der Waals surface area contributed by atoms with E-state index in [2.05, 4.69) is 43.9 Å². The highest BCUT2D eigenvalue weighted by Crippen LogP contribution is 2.31. The number of carbonyl (C=O) groups is 1. The Kier molecular flexibility index (Phi) is 6.46. The van der Waals surface area contributed by atoms with Gasteiger partial charge in [-0.2, -0.15) is 14.6 Å². The molecule has 4 aromatic heterocycles. The number of aryl methyl sites for hydroxylation is 1. The van der Waals surface area contributed by atoms with E-state index in [-0.39, 0.29) is 18.1 Å². The number of halogens is 1. The number of para-hydroxylation sites is 1. The Morgan fingerprint density at radius 1 is 1.17 bits per heavy atom. The van der Waals surface area contributed by atoms with Gasteiger partial charge in [0.15, 0.2) is 11.5 Å². The van der Waals surface area contributed by atoms with Gasteiger partial charge in [-0.05, 0) is 43.9 Å². The highest BCUT2D eigenvalue weighted by molar-refractivity contribution is 5.85. The number of amides is 2. The minimum absolute atomic E-state index is 0.101. The second-order valence-electron chi connectivity index (χ2n) is 10.6. The highest BCUT2D eigenvalue weighted by atomic mass is 19.1. The van der Waals surface area contributed by atoms with Crippen LogP contribution in [0.15, 0.2) is 48.9 Å². The van der Waals surface area contributed by atoms with Crippen LogP contribution < -0.4 is 10.6 Å². The zero-order valence-corrected chi connectivity index (χ0v) is 22.6. The molecule has 1 saturated heterocycles. The van der Waals surface area contributed by atoms with Gasteiger partial charge in [0.1, 0.15) is 5.82 Å². The Morgan fingerprint density at radius 2 is 2.02 bits per heavy atom. The SMILES string of the molecule is C[C@H](NC(=O)N1CCOCC1)c1cnn2c(N[C@@H]3CCc4[nH]c5ccccc5c4C3)nc(-c3cncc(F)c3)nc12. The normalized spacial score (nSPS) is 17.9. The fraction of sp³-hybridized carbons (Fsp3) is 0.345. The zero-order valence-electron chi connectivity index (χ0n) is 22.6. The average molecular weight is 556 g/mol. The number of nitrogens with zero attached hydrogens (tertiary/aromatic N) is 6. The summed E-state index contributed by atoms with van der Waals surface area (Å²) in [7, 11) is 0. The van der Waals surface area contributed by atoms with Gasteiger partial charge in [0.2, 0.25) is 5.95 Å². The van der Waals surface area contributed by atoms with E-state index in [9.17, 15) is 9.18 Å². The topological polar surface area (TPSA) is 125 Å². The predicted octanol–water partition coefficient (Wildman–Crippen LogP) is 3.88. The molecule has 5 heterocycles. The number of morpholine rings is 1. The summed E-state index contributed by atoms with van der Waals surface area (Å²) in [6, 6.07) is 9.27. The molecule has 1 aliphatic carbocycles. The Labute approximate surface area is 235 Å². The molecule has 12 heteroatoms. The van der Waals surface area contributed by atoms with Crippen LogP contribution in [-0.4, -0.2) is 72.8 Å². The quantitative estimate of drug-likeness (QED) is 0.301. The molecule has 0 unspecified atom stereocenters. The number of nitrogens with one attached hydrogen (secondary N) is 3. The van der Waals surface area contributed by atoms with Gasteiger partial charge < -0.3 is 25.3 Å². The van der Waals surface area contributed by atoms with E-state index in [0.29, 0.717) is 49.3 Å². The monoisotopic (exact) mass is 555 g/mol. The smallest absolute Gasteiger partial charge is 0.318 e. The number of aromatic amines is 1. The number of rotatable bonds is 5. The number of hydrogen-bond acceptors (Lipinski definition) is 7. The van der Waals surface area contributed by atoms with Crippen molar-refractivity contribution in [3.05, 3.63) is 71.6 Å². The van der Waals surface area contributed by atoms with Crippen molar-refractivity contribution in [2.75, 3.05) is 31.6 Å². The predicted molar refractivity (Wildman–Crippen MR) is 151 cm³/mol. The Hall–Kier alpha value is -4.58. The van der Waals surface area contributed by atoms with Gasteiger partial charge in [0.25, 0.3) is 0 Å². The number of benzene rings is 1. The number of carbonyl (C=O) groups excluding carboxylic acids is 1. The Balaban J connectivity index is 1.23. The van der Waals surface area contributed by atoms with Crippen molar-refractivity contribution in [1.82, 2.24) is 39.8 Å². The second-order valence-corrected chi connectivity index (χ2v) is 10.6. The lowest BCUT2D eigenvalue weighted by molar-refractivity contribution is 0.0526. The van der Waals surface area contributed by atoms with Crippen molar-refractivity contribution >= 4 is 28.5 Å². The van der Waals surface area contributed by atoms with Crippen LogP contribution in [0.25, 0.3) is 27.9 Å². The van der Waals surface area contributed by atoms with Crippen LogP contribution in [-0.2, 0) is 17.6 Å². The first-order valence-electron chi connectivity index (χ1n) is 13.9. The molecule has 0 bridgehead atoms. The number of urea groups is 1. The van der Waals surface area contributed by atoms with Crippen LogP contribution in [0.1, 0.15) is 36.2 Å². The second kappa shape index (κ2) is 10.4. The van der Waals surface area contributed by atoms with E-state index in [1.54, 1.807) is 15.6 Å². The molecule has 1 aromatic carbocycles. The molecular formula is C29H30FN9O2. The number of fused-ring (bicyclic) bond motifs is 4. The van der Waals surface area contributed by atoms with Crippen molar-refractivity contribution in [3.8, 4) is 11.4 Å². The summed E-state index contributed by atoms with van der Waals surface area (Å²) in [5.74, 6) is 0.351. The fourth-order valence-corrected chi connectivity index (χ4v) is 5.75. The number of ether oxygens (including phenoxy) is 1. The Morgan fingerprint density at radius 3 is 2.88 bits per heavy atom. The average Bonchev–Trinajstić information content (AvgIpc) is 3.59. The first kappa shape index (κ1) is 25.4. The van der Waals surface area contributed by atoms with Crippen molar-refractivity contribution in [2.45, 2.75) is 38.3 Å². The number of aromatic nitrogens is 6. The molecule has 0 spiro atoms. The largest absolute Gasteiger partial charge is 0.378 e. The molecule has 2 atom stereocenters. The number of anilines is 1. The van der Waals surface area contributed by atoms with E-state index < -0.39 is 5.82 Å². The van der Waals surface area contributed by atoms with Gasteiger partial charge >= 0.3 is 6.03 Å². The third-order valence-electron chi connectivity index (χ3n) is 7.89. The first-order chi connectivity index (χ1) is 20.0. The van der Waals surface area contributed by atoms with Crippen molar-refractivity contribution in [1.29, 1.82) is 0 Å². The molecule has 2 amide bonds. The molecule has 41 heavy (non-hydrogen) atoms. The molecule has 11 nitrogen and oxygen atoms in total. The van der Waals surface area contributed by atoms with E-state index >= 15 is 0 Å². The Bertz CT molecular complexity index is 1740. The molecule has 3 N–H and O–H groups in total. The van der Waals surface area contributed by atoms with Crippen LogP contribution >= 0.6 is 0 Å². The third kappa shape index (κ3) is 4.84. The minimum atomic E-state index is -0.473. The van der Waals surface area contributed by atoms with Crippen LogP contribution in [0.3, 0.4) is 0 Å². The zero-order chi connectivity index (χ0) is 27.9. The van der Waals surface area contributed by atoms with Gasteiger partial charge in [-0.15, -0.1) is 0 Å². The summed E-state index contributed by atoms with van der Waals surface area (Å²) in [4.78, 5) is 31.7. The molecule has 0 saturated carbocycles. The van der Waals surface area contributed by atoms with E-state index in [4.69, 9.17) is 14.7 Å². The summed E-state index contributed by atoms with van der Waals surface area (Å²) in [6.45, 7) is 4.02. The number of H-pyrrole nitrogens is 1. The lowest BCUT2D eigenvalue weighted by Crippen LogP contribution is -2.46. The van der Waals surface area contributed by atoms with Crippen LogP contribution in [0.2, 0.25) is 0 Å².